The van der Waals surface area contributed by atoms with E-state index in [9.17, 15) is 4.79 Å². The van der Waals surface area contributed by atoms with E-state index in [2.05, 4.69) is 22.3 Å². The molecule has 2 aromatic rings. The van der Waals surface area contributed by atoms with Crippen LogP contribution in [0.4, 0.5) is 5.69 Å². The second-order valence-corrected chi connectivity index (χ2v) is 7.03. The van der Waals surface area contributed by atoms with Crippen molar-refractivity contribution in [1.29, 1.82) is 0 Å². The predicted octanol–water partition coefficient (Wildman–Crippen LogP) is 3.20. The third-order valence-corrected chi connectivity index (χ3v) is 5.11. The van der Waals surface area contributed by atoms with Crippen LogP contribution in [0.15, 0.2) is 59.5 Å². The minimum Gasteiger partial charge on any atom is -0.326 e. The van der Waals surface area contributed by atoms with E-state index < -0.39 is 0 Å². The number of nitrogens with two attached hydrogens (primary N) is 1. The van der Waals surface area contributed by atoms with Gasteiger partial charge in [-0.15, -0.1) is 24.2 Å². The van der Waals surface area contributed by atoms with Crippen LogP contribution in [0.1, 0.15) is 11.5 Å². The largest absolute Gasteiger partial charge is 0.326 e. The Hall–Kier alpha value is -1.53. The predicted molar refractivity (Wildman–Crippen MR) is 108 cm³/mol. The maximum atomic E-state index is 12.3. The summed E-state index contributed by atoms with van der Waals surface area (Å²) in [4.78, 5) is 15.6. The van der Waals surface area contributed by atoms with Gasteiger partial charge in [-0.05, 0) is 30.0 Å². The minimum absolute atomic E-state index is 0. The fourth-order valence-corrected chi connectivity index (χ4v) is 3.66. The Morgan fingerprint density at radius 3 is 2.68 bits per heavy atom. The van der Waals surface area contributed by atoms with Crippen molar-refractivity contribution in [2.75, 3.05) is 31.2 Å². The Morgan fingerprint density at radius 1 is 1.20 bits per heavy atom. The van der Waals surface area contributed by atoms with Gasteiger partial charge in [-0.3, -0.25) is 9.69 Å². The number of likely N-dealkylation sites (tertiary alicyclic amines) is 1. The molecule has 0 bridgehead atoms. The standard InChI is InChI=1S/C19H23N3OS.ClH/c1-24-16-9-5-8-15(10-16)21-19(23)13-22-11-17(18(20)12-22)14-6-3-2-4-7-14;/h2-10,17-18H,11-13,20H2,1H3,(H,21,23);1H/t17-,18+;/m0./s1. The second-order valence-electron chi connectivity index (χ2n) is 6.16. The van der Waals surface area contributed by atoms with Crippen molar-refractivity contribution < 1.29 is 4.79 Å². The molecular formula is C19H24ClN3OS. The van der Waals surface area contributed by atoms with E-state index in [1.165, 1.54) is 5.56 Å². The van der Waals surface area contributed by atoms with Gasteiger partial charge in [0.2, 0.25) is 5.91 Å². The van der Waals surface area contributed by atoms with Gasteiger partial charge in [0.15, 0.2) is 0 Å². The highest BCUT2D eigenvalue weighted by Gasteiger charge is 2.31. The molecule has 1 heterocycles. The van der Waals surface area contributed by atoms with Crippen molar-refractivity contribution in [1.82, 2.24) is 4.90 Å². The zero-order valence-corrected chi connectivity index (χ0v) is 15.9. The Labute approximate surface area is 159 Å². The van der Waals surface area contributed by atoms with Crippen LogP contribution in [0.3, 0.4) is 0 Å². The smallest absolute Gasteiger partial charge is 0.238 e. The van der Waals surface area contributed by atoms with Crippen LogP contribution < -0.4 is 11.1 Å². The molecule has 134 valence electrons. The molecule has 0 aliphatic carbocycles. The minimum atomic E-state index is 0. The summed E-state index contributed by atoms with van der Waals surface area (Å²) < 4.78 is 0. The first kappa shape index (κ1) is 19.8. The fraction of sp³-hybridized carbons (Fsp3) is 0.316. The Balaban J connectivity index is 0.00000225. The lowest BCUT2D eigenvalue weighted by Gasteiger charge is -2.16. The molecule has 1 aliphatic heterocycles. The normalized spacial score (nSPS) is 20.1. The van der Waals surface area contributed by atoms with Gasteiger partial charge in [-0.25, -0.2) is 0 Å². The average molecular weight is 378 g/mol. The molecule has 3 rings (SSSR count). The summed E-state index contributed by atoms with van der Waals surface area (Å²) in [6.45, 7) is 1.95. The van der Waals surface area contributed by atoms with Gasteiger partial charge in [-0.2, -0.15) is 0 Å². The number of anilines is 1. The Bertz CT molecular complexity index is 698. The number of nitrogens with one attached hydrogen (secondary N) is 1. The number of rotatable bonds is 5. The SMILES string of the molecule is CSc1cccc(NC(=O)CN2C[C@@H](N)[C@H](c3ccccc3)C2)c1.Cl. The number of thioether (sulfide) groups is 1. The number of carbonyl (C=O) groups excluding carboxylic acids is 1. The second kappa shape index (κ2) is 9.25. The summed E-state index contributed by atoms with van der Waals surface area (Å²) in [7, 11) is 0. The van der Waals surface area contributed by atoms with Gasteiger partial charge in [0.1, 0.15) is 0 Å². The van der Waals surface area contributed by atoms with Crippen LogP contribution in [-0.4, -0.2) is 42.7 Å². The molecule has 4 nitrogen and oxygen atoms in total. The van der Waals surface area contributed by atoms with Crippen LogP contribution in [0.2, 0.25) is 0 Å². The van der Waals surface area contributed by atoms with E-state index in [0.29, 0.717) is 12.5 Å². The lowest BCUT2D eigenvalue weighted by atomic mass is 9.95. The lowest BCUT2D eigenvalue weighted by molar-refractivity contribution is -0.117. The third-order valence-electron chi connectivity index (χ3n) is 4.39. The number of hydrogen-bond acceptors (Lipinski definition) is 4. The van der Waals surface area contributed by atoms with Crippen LogP contribution in [-0.2, 0) is 4.79 Å². The van der Waals surface area contributed by atoms with Crippen LogP contribution in [0.25, 0.3) is 0 Å². The number of nitrogens with zero attached hydrogens (tertiary/aromatic N) is 1. The van der Waals surface area contributed by atoms with Crippen LogP contribution >= 0.6 is 24.2 Å². The summed E-state index contributed by atoms with van der Waals surface area (Å²) in [6.07, 6.45) is 2.02. The zero-order chi connectivity index (χ0) is 16.9. The highest BCUT2D eigenvalue weighted by atomic mass is 35.5. The molecule has 0 saturated carbocycles. The molecule has 0 spiro atoms. The quantitative estimate of drug-likeness (QED) is 0.785. The molecule has 1 amide bonds. The molecule has 2 aromatic carbocycles. The molecule has 0 radical (unpaired) electrons. The number of benzene rings is 2. The van der Waals surface area contributed by atoms with Gasteiger partial charge < -0.3 is 11.1 Å². The summed E-state index contributed by atoms with van der Waals surface area (Å²) in [6, 6.07) is 18.3. The highest BCUT2D eigenvalue weighted by Crippen LogP contribution is 2.26. The third kappa shape index (κ3) is 5.22. The van der Waals surface area contributed by atoms with Crippen molar-refractivity contribution in [3.05, 3.63) is 60.2 Å². The van der Waals surface area contributed by atoms with Gasteiger partial charge in [-0.1, -0.05) is 36.4 Å². The average Bonchev–Trinajstić information content (AvgIpc) is 2.96. The molecule has 1 aliphatic rings. The first-order valence-corrected chi connectivity index (χ1v) is 9.35. The number of carbonyl (C=O) groups is 1. The maximum absolute atomic E-state index is 12.3. The molecular weight excluding hydrogens is 354 g/mol. The molecule has 3 N–H and O–H groups in total. The first-order valence-electron chi connectivity index (χ1n) is 8.12. The first-order chi connectivity index (χ1) is 11.7. The van der Waals surface area contributed by atoms with Gasteiger partial charge in [0.05, 0.1) is 6.54 Å². The molecule has 0 aromatic heterocycles. The van der Waals surface area contributed by atoms with Gasteiger partial charge in [0, 0.05) is 35.6 Å². The molecule has 1 fully saturated rings. The van der Waals surface area contributed by atoms with Crippen molar-refractivity contribution in [3.8, 4) is 0 Å². The molecule has 25 heavy (non-hydrogen) atoms. The zero-order valence-electron chi connectivity index (χ0n) is 14.2. The summed E-state index contributed by atoms with van der Waals surface area (Å²) in [5, 5.41) is 2.98. The Morgan fingerprint density at radius 2 is 1.96 bits per heavy atom. The monoisotopic (exact) mass is 377 g/mol. The summed E-state index contributed by atoms with van der Waals surface area (Å²) in [5.41, 5.74) is 8.38. The van der Waals surface area contributed by atoms with E-state index in [1.807, 2.05) is 48.7 Å². The van der Waals surface area contributed by atoms with E-state index in [1.54, 1.807) is 11.8 Å². The van der Waals surface area contributed by atoms with Gasteiger partial charge >= 0.3 is 0 Å². The summed E-state index contributed by atoms with van der Waals surface area (Å²) in [5.74, 6) is 0.299. The van der Waals surface area contributed by atoms with Crippen molar-refractivity contribution in [2.24, 2.45) is 5.73 Å². The fourth-order valence-electron chi connectivity index (χ4n) is 3.20. The molecule has 6 heteroatoms. The Kier molecular flexibility index (Phi) is 7.32. The van der Waals surface area contributed by atoms with Crippen LogP contribution in [0.5, 0.6) is 0 Å². The number of amides is 1. The molecule has 0 unspecified atom stereocenters. The van der Waals surface area contributed by atoms with Crippen LogP contribution in [0, 0.1) is 0 Å². The van der Waals surface area contributed by atoms with Crippen molar-refractivity contribution >= 4 is 35.8 Å². The molecule has 1 saturated heterocycles. The van der Waals surface area contributed by atoms with E-state index >= 15 is 0 Å². The summed E-state index contributed by atoms with van der Waals surface area (Å²) >= 11 is 1.66. The number of hydrogen-bond donors (Lipinski definition) is 2. The van der Waals surface area contributed by atoms with Crippen molar-refractivity contribution in [2.45, 2.75) is 16.9 Å². The lowest BCUT2D eigenvalue weighted by Crippen LogP contribution is -2.33. The maximum Gasteiger partial charge on any atom is 0.238 e. The van der Waals surface area contributed by atoms with E-state index in [-0.39, 0.29) is 24.4 Å². The van der Waals surface area contributed by atoms with E-state index in [4.69, 9.17) is 5.73 Å². The van der Waals surface area contributed by atoms with Gasteiger partial charge in [0.25, 0.3) is 0 Å². The van der Waals surface area contributed by atoms with E-state index in [0.717, 1.165) is 23.7 Å². The topological polar surface area (TPSA) is 58.4 Å². The molecule has 2 atom stereocenters. The number of halogens is 1. The van der Waals surface area contributed by atoms with Crippen molar-refractivity contribution in [3.63, 3.8) is 0 Å². The highest BCUT2D eigenvalue weighted by molar-refractivity contribution is 7.98.